The molecule has 2 N–H and O–H groups in total. The first-order valence-electron chi connectivity index (χ1n) is 14.4. The molecule has 0 saturated carbocycles. The zero-order valence-corrected chi connectivity index (χ0v) is 25.1. The number of methoxy groups -OCH3 is 1. The first-order chi connectivity index (χ1) is 20.5. The molecule has 2 bridgehead atoms. The number of halogens is 2. The average molecular weight is 603 g/mol. The minimum atomic E-state index is -1.19. The minimum absolute atomic E-state index is 0.103. The topological polar surface area (TPSA) is 117 Å². The Labute approximate surface area is 250 Å². The van der Waals surface area contributed by atoms with Crippen molar-refractivity contribution in [3.63, 3.8) is 0 Å². The maximum atomic E-state index is 14.6. The van der Waals surface area contributed by atoms with Crippen LogP contribution in [0.2, 0.25) is 0 Å². The molecular formula is C31H40F2N4O6. The number of nitrogens with one attached hydrogen (secondary N) is 2. The summed E-state index contributed by atoms with van der Waals surface area (Å²) in [7, 11) is 3.09. The first kappa shape index (κ1) is 33.3. The zero-order chi connectivity index (χ0) is 31.5. The number of amides is 4. The third-order valence-electron chi connectivity index (χ3n) is 7.24. The highest BCUT2D eigenvalue weighted by Crippen LogP contribution is 2.28. The Morgan fingerprint density at radius 3 is 2.44 bits per heavy atom. The fourth-order valence-electron chi connectivity index (χ4n) is 4.71. The lowest BCUT2D eigenvalue weighted by molar-refractivity contribution is -0.135. The number of hydrogen-bond donors (Lipinski definition) is 2. The predicted octanol–water partition coefficient (Wildman–Crippen LogP) is 3.00. The van der Waals surface area contributed by atoms with E-state index in [9.17, 15) is 28.0 Å². The van der Waals surface area contributed by atoms with Gasteiger partial charge >= 0.3 is 0 Å². The smallest absolute Gasteiger partial charge is 0.258 e. The van der Waals surface area contributed by atoms with Crippen LogP contribution in [0.15, 0.2) is 30.3 Å². The van der Waals surface area contributed by atoms with E-state index in [0.717, 1.165) is 5.56 Å². The molecule has 0 fully saturated rings. The third kappa shape index (κ3) is 9.39. The van der Waals surface area contributed by atoms with Crippen LogP contribution in [-0.4, -0.2) is 86.4 Å². The number of rotatable bonds is 2. The van der Waals surface area contributed by atoms with Gasteiger partial charge in [0.05, 0.1) is 12.7 Å². The molecule has 1 heterocycles. The monoisotopic (exact) mass is 602 g/mol. The second kappa shape index (κ2) is 15.9. The number of aryl methyl sites for hydroxylation is 2. The standard InChI is InChI=1S/C31H40F2N4O6/c1-20-8-11-23(29(33)28(20)32)31(41)37-16-6-5-15-36(3)30(40)21(2)35-27(39)19-43-25-18-22(9-12-24(25)42-4)10-13-26(38)34-14-7-17-37/h8-9,11-12,18,21H,5-7,10,13-17,19H2,1-4H3,(H,34,38)(H,35,39)/t21-/m0/s1. The maximum absolute atomic E-state index is 14.6. The normalized spacial score (nSPS) is 18.5. The molecule has 4 amide bonds. The van der Waals surface area contributed by atoms with E-state index in [1.807, 2.05) is 0 Å². The van der Waals surface area contributed by atoms with Gasteiger partial charge in [0.25, 0.3) is 11.8 Å². The van der Waals surface area contributed by atoms with Crippen LogP contribution in [0.3, 0.4) is 0 Å². The van der Waals surface area contributed by atoms with E-state index in [0.29, 0.717) is 43.7 Å². The van der Waals surface area contributed by atoms with Gasteiger partial charge in [0.2, 0.25) is 11.8 Å². The fraction of sp³-hybridized carbons (Fsp3) is 0.484. The zero-order valence-electron chi connectivity index (χ0n) is 25.1. The van der Waals surface area contributed by atoms with Crippen molar-refractivity contribution < 1.29 is 37.4 Å². The van der Waals surface area contributed by atoms with E-state index in [1.54, 1.807) is 32.2 Å². The summed E-state index contributed by atoms with van der Waals surface area (Å²) in [4.78, 5) is 54.0. The van der Waals surface area contributed by atoms with Crippen molar-refractivity contribution in [3.05, 3.63) is 58.7 Å². The van der Waals surface area contributed by atoms with E-state index in [2.05, 4.69) is 10.6 Å². The quantitative estimate of drug-likeness (QED) is 0.546. The van der Waals surface area contributed by atoms with Crippen LogP contribution in [0.5, 0.6) is 11.5 Å². The molecule has 0 saturated heterocycles. The van der Waals surface area contributed by atoms with Crippen molar-refractivity contribution in [3.8, 4) is 11.5 Å². The molecule has 1 atom stereocenters. The van der Waals surface area contributed by atoms with Gasteiger partial charge in [0, 0.05) is 39.6 Å². The molecule has 3 rings (SSSR count). The van der Waals surface area contributed by atoms with Crippen LogP contribution in [-0.2, 0) is 20.8 Å². The SMILES string of the molecule is COc1ccc2cc1OCC(=O)N[C@@H](C)C(=O)N(C)CCCCN(C(=O)c1ccc(C)c(F)c1F)CCCNC(=O)CC2. The van der Waals surface area contributed by atoms with E-state index in [4.69, 9.17) is 9.47 Å². The second-order valence-electron chi connectivity index (χ2n) is 10.6. The number of fused-ring (bicyclic) bond motifs is 2. The summed E-state index contributed by atoms with van der Waals surface area (Å²) in [6.45, 7) is 3.76. The Kier molecular flexibility index (Phi) is 12.3. The van der Waals surface area contributed by atoms with E-state index in [-0.39, 0.29) is 55.6 Å². The number of hydrogen-bond acceptors (Lipinski definition) is 6. The lowest BCUT2D eigenvalue weighted by Crippen LogP contribution is -2.47. The van der Waals surface area contributed by atoms with Crippen LogP contribution in [0.1, 0.15) is 54.1 Å². The van der Waals surface area contributed by atoms with Gasteiger partial charge in [-0.05, 0) is 68.9 Å². The van der Waals surface area contributed by atoms with Gasteiger partial charge in [-0.15, -0.1) is 0 Å². The van der Waals surface area contributed by atoms with Gasteiger partial charge < -0.3 is 29.9 Å². The number of nitrogens with zero attached hydrogens (tertiary/aromatic N) is 2. The molecule has 0 spiro atoms. The first-order valence-corrected chi connectivity index (χ1v) is 14.4. The highest BCUT2D eigenvalue weighted by molar-refractivity contribution is 5.94. The molecule has 1 aliphatic rings. The minimum Gasteiger partial charge on any atom is -0.493 e. The van der Waals surface area contributed by atoms with Crippen LogP contribution in [0.25, 0.3) is 0 Å². The molecule has 1 aliphatic heterocycles. The lowest BCUT2D eigenvalue weighted by Gasteiger charge is -2.25. The summed E-state index contributed by atoms with van der Waals surface area (Å²) >= 11 is 0. The molecule has 0 aromatic heterocycles. The van der Waals surface area contributed by atoms with Crippen molar-refractivity contribution in [2.45, 2.75) is 52.0 Å². The van der Waals surface area contributed by atoms with Gasteiger partial charge in [0.1, 0.15) is 6.04 Å². The van der Waals surface area contributed by atoms with Crippen LogP contribution >= 0.6 is 0 Å². The molecule has 12 heteroatoms. The van der Waals surface area contributed by atoms with E-state index in [1.165, 1.54) is 36.0 Å². The van der Waals surface area contributed by atoms with Gasteiger partial charge in [-0.25, -0.2) is 8.78 Å². The predicted molar refractivity (Wildman–Crippen MR) is 156 cm³/mol. The van der Waals surface area contributed by atoms with Gasteiger partial charge in [-0.2, -0.15) is 0 Å². The summed E-state index contributed by atoms with van der Waals surface area (Å²) in [6.07, 6.45) is 2.01. The Morgan fingerprint density at radius 2 is 1.70 bits per heavy atom. The average Bonchev–Trinajstić information content (AvgIpc) is 2.99. The molecule has 2 aromatic rings. The van der Waals surface area contributed by atoms with Crippen LogP contribution in [0.4, 0.5) is 8.78 Å². The molecule has 0 unspecified atom stereocenters. The van der Waals surface area contributed by atoms with Crippen molar-refractivity contribution in [2.75, 3.05) is 46.9 Å². The molecule has 43 heavy (non-hydrogen) atoms. The fourth-order valence-corrected chi connectivity index (χ4v) is 4.71. The second-order valence-corrected chi connectivity index (χ2v) is 10.6. The highest BCUT2D eigenvalue weighted by Gasteiger charge is 2.23. The van der Waals surface area contributed by atoms with Gasteiger partial charge in [-0.3, -0.25) is 19.2 Å². The number of carbonyl (C=O) groups excluding carboxylic acids is 4. The van der Waals surface area contributed by atoms with Gasteiger partial charge in [-0.1, -0.05) is 12.1 Å². The molecule has 234 valence electrons. The molecule has 10 nitrogen and oxygen atoms in total. The Balaban J connectivity index is 1.76. The Hall–Kier alpha value is -4.22. The number of benzene rings is 2. The Morgan fingerprint density at radius 1 is 0.977 bits per heavy atom. The lowest BCUT2D eigenvalue weighted by atomic mass is 10.1. The summed E-state index contributed by atoms with van der Waals surface area (Å²) in [5.74, 6) is -3.11. The molecule has 0 aliphatic carbocycles. The van der Waals surface area contributed by atoms with Crippen LogP contribution < -0.4 is 20.1 Å². The molecule has 2 aromatic carbocycles. The van der Waals surface area contributed by atoms with Crippen molar-refractivity contribution in [1.29, 1.82) is 0 Å². The van der Waals surface area contributed by atoms with Crippen LogP contribution in [0, 0.1) is 18.6 Å². The highest BCUT2D eigenvalue weighted by atomic mass is 19.2. The molecular weight excluding hydrogens is 562 g/mol. The Bertz CT molecular complexity index is 1320. The summed E-state index contributed by atoms with van der Waals surface area (Å²) in [5, 5.41) is 5.47. The summed E-state index contributed by atoms with van der Waals surface area (Å²) in [6, 6.07) is 7.02. The van der Waals surface area contributed by atoms with Crippen molar-refractivity contribution in [1.82, 2.24) is 20.4 Å². The summed E-state index contributed by atoms with van der Waals surface area (Å²) in [5.41, 5.74) is 0.543. The van der Waals surface area contributed by atoms with Gasteiger partial charge in [0.15, 0.2) is 29.7 Å². The number of likely N-dealkylation sites (N-methyl/N-ethyl adjacent to an activating group) is 1. The van der Waals surface area contributed by atoms with E-state index >= 15 is 0 Å². The van der Waals surface area contributed by atoms with Crippen molar-refractivity contribution >= 4 is 23.6 Å². The maximum Gasteiger partial charge on any atom is 0.258 e. The summed E-state index contributed by atoms with van der Waals surface area (Å²) < 4.78 is 39.9. The van der Waals surface area contributed by atoms with E-state index < -0.39 is 29.5 Å². The van der Waals surface area contributed by atoms with Crippen molar-refractivity contribution in [2.24, 2.45) is 0 Å². The third-order valence-corrected chi connectivity index (χ3v) is 7.24. The number of ether oxygens (including phenoxy) is 2. The largest absolute Gasteiger partial charge is 0.493 e. The molecule has 0 radical (unpaired) electrons. The number of carbonyl (C=O) groups is 4.